The lowest BCUT2D eigenvalue weighted by atomic mass is 9.92. The number of benzene rings is 3. The molecule has 0 bridgehead atoms. The van der Waals surface area contributed by atoms with Gasteiger partial charge in [0.2, 0.25) is 0 Å². The number of methoxy groups -OCH3 is 2. The Kier molecular flexibility index (Phi) is 6.31. The maximum atomic E-state index is 15.5. The average Bonchev–Trinajstić information content (AvgIpc) is 3.00. The monoisotopic (exact) mass is 447 g/mol. The number of halogens is 1. The minimum atomic E-state index is -0.527. The minimum Gasteiger partial charge on any atom is -0.493 e. The fraction of sp³-hybridized carbons (Fsp3) is 0.231. The van der Waals surface area contributed by atoms with Crippen molar-refractivity contribution in [2.75, 3.05) is 19.5 Å². The van der Waals surface area contributed by atoms with Crippen LogP contribution in [0.3, 0.4) is 0 Å². The van der Waals surface area contributed by atoms with Crippen LogP contribution in [0.25, 0.3) is 0 Å². The Morgan fingerprint density at radius 3 is 2.42 bits per heavy atom. The van der Waals surface area contributed by atoms with Gasteiger partial charge in [-0.25, -0.2) is 14.2 Å². The van der Waals surface area contributed by atoms with E-state index >= 15 is 4.39 Å². The molecule has 3 aromatic rings. The highest BCUT2D eigenvalue weighted by molar-refractivity contribution is 5.92. The highest BCUT2D eigenvalue weighted by Crippen LogP contribution is 2.39. The molecular weight excluding hydrogens is 421 g/mol. The number of nitrogens with zero attached hydrogens (tertiary/aromatic N) is 2. The Labute approximate surface area is 192 Å². The molecule has 6 nitrogen and oxygen atoms in total. The number of amides is 2. The molecule has 1 heterocycles. The van der Waals surface area contributed by atoms with E-state index in [-0.39, 0.29) is 17.9 Å². The van der Waals surface area contributed by atoms with Gasteiger partial charge in [-0.05, 0) is 42.7 Å². The standard InChI is InChI=1S/C26H26FN3O3/c1-16-9-5-7-11-19(16)22-14-20-18(13-23(32-3)25(33-4)24(20)27)15-28-30(22)26(31)29-21-12-8-6-10-17(21)2/h5-13,15,22H,14H2,1-4H3,(H,29,31). The van der Waals surface area contributed by atoms with Crippen LogP contribution >= 0.6 is 0 Å². The Hall–Kier alpha value is -3.87. The summed E-state index contributed by atoms with van der Waals surface area (Å²) in [7, 11) is 2.86. The normalized spacial score (nSPS) is 14.9. The summed E-state index contributed by atoms with van der Waals surface area (Å²) in [6.07, 6.45) is 1.71. The van der Waals surface area contributed by atoms with Crippen LogP contribution in [-0.2, 0) is 6.42 Å². The van der Waals surface area contributed by atoms with Crippen molar-refractivity contribution < 1.29 is 18.7 Å². The fourth-order valence-electron chi connectivity index (χ4n) is 4.10. The first-order valence-electron chi connectivity index (χ1n) is 10.6. The molecule has 0 saturated heterocycles. The Balaban J connectivity index is 1.81. The summed E-state index contributed by atoms with van der Waals surface area (Å²) in [5, 5.41) is 8.82. The molecule has 0 fully saturated rings. The second-order valence-corrected chi connectivity index (χ2v) is 7.90. The van der Waals surface area contributed by atoms with E-state index in [0.717, 1.165) is 16.7 Å². The van der Waals surface area contributed by atoms with Crippen LogP contribution in [0.5, 0.6) is 11.5 Å². The van der Waals surface area contributed by atoms with Crippen molar-refractivity contribution >= 4 is 17.9 Å². The smallest absolute Gasteiger partial charge is 0.342 e. The number of hydrazone groups is 1. The Bertz CT molecular complexity index is 1230. The number of para-hydroxylation sites is 1. The third kappa shape index (κ3) is 4.26. The molecule has 7 heteroatoms. The van der Waals surface area contributed by atoms with Crippen molar-refractivity contribution in [3.63, 3.8) is 0 Å². The molecule has 170 valence electrons. The molecule has 1 N–H and O–H groups in total. The van der Waals surface area contributed by atoms with Crippen molar-refractivity contribution in [1.29, 1.82) is 0 Å². The largest absolute Gasteiger partial charge is 0.493 e. The third-order valence-corrected chi connectivity index (χ3v) is 5.90. The van der Waals surface area contributed by atoms with Crippen LogP contribution in [0.1, 0.15) is 33.9 Å². The number of anilines is 1. The zero-order chi connectivity index (χ0) is 23.5. The van der Waals surface area contributed by atoms with Gasteiger partial charge in [0, 0.05) is 23.2 Å². The fourth-order valence-corrected chi connectivity index (χ4v) is 4.10. The van der Waals surface area contributed by atoms with E-state index in [1.807, 2.05) is 62.4 Å². The molecule has 0 saturated carbocycles. The summed E-state index contributed by atoms with van der Waals surface area (Å²) >= 11 is 0. The maximum absolute atomic E-state index is 15.5. The summed E-state index contributed by atoms with van der Waals surface area (Å²) in [4.78, 5) is 13.4. The zero-order valence-electron chi connectivity index (χ0n) is 19.1. The number of urea groups is 1. The minimum absolute atomic E-state index is 0.0333. The molecular formula is C26H26FN3O3. The molecule has 4 rings (SSSR count). The zero-order valence-corrected chi connectivity index (χ0v) is 19.1. The summed E-state index contributed by atoms with van der Waals surface area (Å²) in [6, 6.07) is 16.0. The predicted molar refractivity (Wildman–Crippen MR) is 127 cm³/mol. The van der Waals surface area contributed by atoms with Gasteiger partial charge in [0.05, 0.1) is 26.5 Å². The number of rotatable bonds is 4. The topological polar surface area (TPSA) is 63.2 Å². The number of hydrogen-bond acceptors (Lipinski definition) is 4. The summed E-state index contributed by atoms with van der Waals surface area (Å²) < 4.78 is 26.1. The van der Waals surface area contributed by atoms with Gasteiger partial charge in [0.1, 0.15) is 0 Å². The second-order valence-electron chi connectivity index (χ2n) is 7.90. The van der Waals surface area contributed by atoms with Crippen LogP contribution in [0.4, 0.5) is 14.9 Å². The van der Waals surface area contributed by atoms with Gasteiger partial charge in [-0.1, -0.05) is 42.5 Å². The maximum Gasteiger partial charge on any atom is 0.342 e. The molecule has 0 radical (unpaired) electrons. The van der Waals surface area contributed by atoms with Gasteiger partial charge >= 0.3 is 6.03 Å². The molecule has 0 aromatic heterocycles. The van der Waals surface area contributed by atoms with Crippen molar-refractivity contribution in [3.8, 4) is 11.5 Å². The first-order chi connectivity index (χ1) is 15.9. The van der Waals surface area contributed by atoms with Crippen LogP contribution in [0, 0.1) is 19.7 Å². The molecule has 1 aliphatic rings. The molecule has 0 aliphatic carbocycles. The van der Waals surface area contributed by atoms with E-state index in [2.05, 4.69) is 10.4 Å². The van der Waals surface area contributed by atoms with Crippen molar-refractivity contribution in [2.24, 2.45) is 5.10 Å². The first kappa shape index (κ1) is 22.3. The van der Waals surface area contributed by atoms with E-state index in [1.165, 1.54) is 25.4 Å². The second kappa shape index (κ2) is 9.32. The number of nitrogens with one attached hydrogen (secondary N) is 1. The van der Waals surface area contributed by atoms with E-state index in [0.29, 0.717) is 16.8 Å². The van der Waals surface area contributed by atoms with E-state index < -0.39 is 17.9 Å². The number of aryl methyl sites for hydroxylation is 2. The third-order valence-electron chi connectivity index (χ3n) is 5.90. The highest BCUT2D eigenvalue weighted by Gasteiger charge is 2.32. The van der Waals surface area contributed by atoms with E-state index in [9.17, 15) is 4.79 Å². The molecule has 1 atom stereocenters. The SMILES string of the molecule is COc1cc2c(c(F)c1OC)CC(c1ccccc1C)N(C(=O)Nc1ccccc1C)N=C2. The lowest BCUT2D eigenvalue weighted by molar-refractivity contribution is 0.191. The number of fused-ring (bicyclic) bond motifs is 1. The van der Waals surface area contributed by atoms with Gasteiger partial charge in [-0.2, -0.15) is 5.10 Å². The van der Waals surface area contributed by atoms with Crippen LogP contribution < -0.4 is 14.8 Å². The van der Waals surface area contributed by atoms with Gasteiger partial charge in [0.15, 0.2) is 17.3 Å². The van der Waals surface area contributed by atoms with Gasteiger partial charge < -0.3 is 14.8 Å². The summed E-state index contributed by atoms with van der Waals surface area (Å²) in [6.45, 7) is 3.89. The average molecular weight is 448 g/mol. The van der Waals surface area contributed by atoms with Gasteiger partial charge in [-0.3, -0.25) is 0 Å². The van der Waals surface area contributed by atoms with Crippen LogP contribution in [-0.4, -0.2) is 31.5 Å². The number of hydrogen-bond donors (Lipinski definition) is 1. The predicted octanol–water partition coefficient (Wildman–Crippen LogP) is 5.63. The van der Waals surface area contributed by atoms with Crippen molar-refractivity contribution in [2.45, 2.75) is 26.3 Å². The first-order valence-corrected chi connectivity index (χ1v) is 10.6. The quantitative estimate of drug-likeness (QED) is 0.564. The van der Waals surface area contributed by atoms with Gasteiger partial charge in [-0.15, -0.1) is 0 Å². The molecule has 0 spiro atoms. The molecule has 33 heavy (non-hydrogen) atoms. The van der Waals surface area contributed by atoms with Crippen LogP contribution in [0.15, 0.2) is 59.7 Å². The van der Waals surface area contributed by atoms with Crippen LogP contribution in [0.2, 0.25) is 0 Å². The van der Waals surface area contributed by atoms with Gasteiger partial charge in [0.25, 0.3) is 0 Å². The lowest BCUT2D eigenvalue weighted by Crippen LogP contribution is -2.35. The highest BCUT2D eigenvalue weighted by atomic mass is 19.1. The Morgan fingerprint density at radius 2 is 1.76 bits per heavy atom. The molecule has 1 aliphatic heterocycles. The molecule has 1 unspecified atom stereocenters. The van der Waals surface area contributed by atoms with E-state index in [4.69, 9.17) is 9.47 Å². The van der Waals surface area contributed by atoms with Crippen molar-refractivity contribution in [3.05, 3.63) is 88.2 Å². The van der Waals surface area contributed by atoms with Crippen molar-refractivity contribution in [1.82, 2.24) is 5.01 Å². The van der Waals surface area contributed by atoms with E-state index in [1.54, 1.807) is 6.07 Å². The summed E-state index contributed by atoms with van der Waals surface area (Å²) in [5.41, 5.74) is 4.44. The summed E-state index contributed by atoms with van der Waals surface area (Å²) in [5.74, 6) is -0.213. The lowest BCUT2D eigenvalue weighted by Gasteiger charge is -2.28. The molecule has 3 aromatic carbocycles. The number of ether oxygens (including phenoxy) is 2. The number of carbonyl (C=O) groups excluding carboxylic acids is 1. The number of carbonyl (C=O) groups is 1. The molecule has 2 amide bonds. The Morgan fingerprint density at radius 1 is 1.06 bits per heavy atom.